The van der Waals surface area contributed by atoms with Gasteiger partial charge in [0.05, 0.1) is 29.5 Å². The molecule has 1 fully saturated rings. The third kappa shape index (κ3) is 6.15. The van der Waals surface area contributed by atoms with E-state index in [2.05, 4.69) is 89.7 Å². The number of piperazine rings is 1. The maximum Gasteiger partial charge on any atom is 0.158 e. The molecular weight excluding hydrogens is 504 g/mol. The lowest BCUT2D eigenvalue weighted by molar-refractivity contribution is 0.138. The van der Waals surface area contributed by atoms with Gasteiger partial charge in [-0.3, -0.25) is 14.9 Å². The Morgan fingerprint density at radius 2 is 1.79 bits per heavy atom. The van der Waals surface area contributed by atoms with E-state index in [4.69, 9.17) is 11.4 Å². The molecule has 1 saturated heterocycles. The number of aromatic nitrogens is 5. The number of aromatic amines is 2. The van der Waals surface area contributed by atoms with E-state index in [1.54, 1.807) is 18.0 Å². The molecule has 1 aliphatic rings. The molecule has 6 rings (SSSR count). The molecular formula is C30H30N8S. The minimum Gasteiger partial charge on any atom is -0.337 e. The van der Waals surface area contributed by atoms with Crippen LogP contribution in [-0.4, -0.2) is 67.7 Å². The Balaban J connectivity index is 1.10. The molecule has 0 radical (unpaired) electrons. The van der Waals surface area contributed by atoms with Gasteiger partial charge in [0.15, 0.2) is 5.82 Å². The second kappa shape index (κ2) is 11.7. The van der Waals surface area contributed by atoms with E-state index in [1.807, 2.05) is 18.3 Å². The Morgan fingerprint density at radius 3 is 2.59 bits per heavy atom. The van der Waals surface area contributed by atoms with Gasteiger partial charge in [0.2, 0.25) is 0 Å². The zero-order chi connectivity index (χ0) is 26.4. The predicted molar refractivity (Wildman–Crippen MR) is 158 cm³/mol. The Labute approximate surface area is 232 Å². The van der Waals surface area contributed by atoms with Crippen molar-refractivity contribution < 1.29 is 0 Å². The number of thioether (sulfide) groups is 1. The maximum atomic E-state index is 5.46. The molecule has 3 aromatic heterocycles. The smallest absolute Gasteiger partial charge is 0.158 e. The molecule has 8 nitrogen and oxygen atoms in total. The summed E-state index contributed by atoms with van der Waals surface area (Å²) in [6, 6.07) is 20.9. The van der Waals surface area contributed by atoms with Crippen LogP contribution in [0.1, 0.15) is 11.1 Å². The molecule has 2 aromatic carbocycles. The molecule has 4 heterocycles. The normalized spacial score (nSPS) is 14.4. The average Bonchev–Trinajstić information content (AvgIpc) is 3.61. The van der Waals surface area contributed by atoms with Gasteiger partial charge >= 0.3 is 0 Å². The zero-order valence-electron chi connectivity index (χ0n) is 21.6. The fraction of sp³-hybridized carbons (Fsp3) is 0.233. The molecule has 1 aliphatic heterocycles. The van der Waals surface area contributed by atoms with Crippen LogP contribution in [0, 0.1) is 12.3 Å². The summed E-state index contributed by atoms with van der Waals surface area (Å²) in [6.07, 6.45) is 9.11. The van der Waals surface area contributed by atoms with Gasteiger partial charge in [-0.2, -0.15) is 5.10 Å². The van der Waals surface area contributed by atoms with Gasteiger partial charge < -0.3 is 10.3 Å². The SMILES string of the molecule is C#CCN1CCN(Cc2ccc3nc(-c4[nH]ncc4Nc4ccc(SCc5ccccc5)cn4)[nH]c3c2)CC1. The van der Waals surface area contributed by atoms with Gasteiger partial charge in [0.25, 0.3) is 0 Å². The number of pyridine rings is 1. The summed E-state index contributed by atoms with van der Waals surface area (Å²) in [4.78, 5) is 18.8. The molecule has 0 unspecified atom stereocenters. The Hall–Kier alpha value is -4.10. The highest BCUT2D eigenvalue weighted by Gasteiger charge is 2.17. The van der Waals surface area contributed by atoms with Crippen LogP contribution < -0.4 is 5.32 Å². The fourth-order valence-corrected chi connectivity index (χ4v) is 5.56. The first-order chi connectivity index (χ1) is 19.2. The van der Waals surface area contributed by atoms with Crippen molar-refractivity contribution in [3.8, 4) is 23.9 Å². The average molecular weight is 535 g/mol. The van der Waals surface area contributed by atoms with Gasteiger partial charge in [0, 0.05) is 49.6 Å². The van der Waals surface area contributed by atoms with Crippen molar-refractivity contribution in [2.24, 2.45) is 0 Å². The molecule has 0 aliphatic carbocycles. The van der Waals surface area contributed by atoms with E-state index in [1.165, 1.54) is 11.1 Å². The lowest BCUT2D eigenvalue weighted by Gasteiger charge is -2.33. The molecule has 0 spiro atoms. The van der Waals surface area contributed by atoms with Gasteiger partial charge in [0.1, 0.15) is 11.5 Å². The van der Waals surface area contributed by atoms with Crippen LogP contribution >= 0.6 is 11.8 Å². The zero-order valence-corrected chi connectivity index (χ0v) is 22.4. The highest BCUT2D eigenvalue weighted by Crippen LogP contribution is 2.29. The second-order valence-corrected chi connectivity index (χ2v) is 10.7. The molecule has 5 aromatic rings. The topological polar surface area (TPSA) is 88.8 Å². The number of rotatable bonds is 9. The van der Waals surface area contributed by atoms with Crippen LogP contribution in [0.25, 0.3) is 22.6 Å². The number of hydrogen-bond donors (Lipinski definition) is 3. The first-order valence-electron chi connectivity index (χ1n) is 13.0. The van der Waals surface area contributed by atoms with E-state index < -0.39 is 0 Å². The third-order valence-electron chi connectivity index (χ3n) is 6.86. The minimum atomic E-state index is 0.733. The highest BCUT2D eigenvalue weighted by molar-refractivity contribution is 7.98. The van der Waals surface area contributed by atoms with Crippen molar-refractivity contribution in [3.63, 3.8) is 0 Å². The molecule has 0 saturated carbocycles. The lowest BCUT2D eigenvalue weighted by Crippen LogP contribution is -2.45. The highest BCUT2D eigenvalue weighted by atomic mass is 32.2. The van der Waals surface area contributed by atoms with Crippen LogP contribution in [-0.2, 0) is 12.3 Å². The quantitative estimate of drug-likeness (QED) is 0.178. The fourth-order valence-electron chi connectivity index (χ4n) is 4.75. The number of nitrogens with one attached hydrogen (secondary N) is 3. The van der Waals surface area contributed by atoms with Crippen LogP contribution in [0.15, 0.2) is 78.0 Å². The van der Waals surface area contributed by atoms with E-state index in [0.717, 1.165) is 84.0 Å². The summed E-state index contributed by atoms with van der Waals surface area (Å²) < 4.78 is 0. The Morgan fingerprint density at radius 1 is 0.949 bits per heavy atom. The minimum absolute atomic E-state index is 0.733. The second-order valence-electron chi connectivity index (χ2n) is 9.63. The summed E-state index contributed by atoms with van der Waals surface area (Å²) in [5.74, 6) is 5.15. The third-order valence-corrected chi connectivity index (χ3v) is 7.91. The molecule has 3 N–H and O–H groups in total. The van der Waals surface area contributed by atoms with Crippen LogP contribution in [0.3, 0.4) is 0 Å². The monoisotopic (exact) mass is 534 g/mol. The van der Waals surface area contributed by atoms with E-state index in [0.29, 0.717) is 0 Å². The predicted octanol–water partition coefficient (Wildman–Crippen LogP) is 5.13. The standard InChI is InChI=1S/C30H30N8S/c1-2-12-37-13-15-38(16-14-37)20-23-8-10-25-26(17-23)35-30(34-25)29-27(19-32-36-29)33-28-11-9-24(18-31-28)39-21-22-6-4-3-5-7-22/h1,3-11,17-19H,12-16,20-21H2,(H,31,33)(H,32,36)(H,34,35). The number of fused-ring (bicyclic) bond motifs is 1. The summed E-state index contributed by atoms with van der Waals surface area (Å²) in [6.45, 7) is 5.73. The summed E-state index contributed by atoms with van der Waals surface area (Å²) in [5.41, 5.74) is 6.10. The van der Waals surface area contributed by atoms with E-state index >= 15 is 0 Å². The van der Waals surface area contributed by atoms with Gasteiger partial charge in [-0.05, 0) is 35.4 Å². The molecule has 39 heavy (non-hydrogen) atoms. The molecule has 0 bridgehead atoms. The number of H-pyrrole nitrogens is 2. The molecule has 0 amide bonds. The number of imidazole rings is 1. The van der Waals surface area contributed by atoms with Crippen molar-refractivity contribution in [3.05, 3.63) is 84.2 Å². The number of anilines is 2. The number of terminal acetylenes is 1. The number of benzene rings is 2. The Bertz CT molecular complexity index is 1560. The van der Waals surface area contributed by atoms with Crippen molar-refractivity contribution >= 4 is 34.3 Å². The van der Waals surface area contributed by atoms with Crippen LogP contribution in [0.4, 0.5) is 11.5 Å². The van der Waals surface area contributed by atoms with E-state index in [9.17, 15) is 0 Å². The molecule has 196 valence electrons. The molecule has 9 heteroatoms. The Kier molecular flexibility index (Phi) is 7.59. The van der Waals surface area contributed by atoms with E-state index in [-0.39, 0.29) is 0 Å². The van der Waals surface area contributed by atoms with Gasteiger partial charge in [-0.25, -0.2) is 9.97 Å². The number of nitrogens with zero attached hydrogens (tertiary/aromatic N) is 5. The summed E-state index contributed by atoms with van der Waals surface area (Å²) >= 11 is 1.77. The lowest BCUT2D eigenvalue weighted by atomic mass is 10.1. The van der Waals surface area contributed by atoms with Crippen molar-refractivity contribution in [1.82, 2.24) is 34.9 Å². The maximum absolute atomic E-state index is 5.46. The van der Waals surface area contributed by atoms with Crippen molar-refractivity contribution in [2.75, 3.05) is 38.0 Å². The number of hydrogen-bond acceptors (Lipinski definition) is 7. The van der Waals surface area contributed by atoms with Crippen LogP contribution in [0.2, 0.25) is 0 Å². The van der Waals surface area contributed by atoms with Crippen molar-refractivity contribution in [2.45, 2.75) is 17.2 Å². The summed E-state index contributed by atoms with van der Waals surface area (Å²) in [5, 5.41) is 10.7. The van der Waals surface area contributed by atoms with Crippen molar-refractivity contribution in [1.29, 1.82) is 0 Å². The first-order valence-corrected chi connectivity index (χ1v) is 14.0. The molecule has 0 atom stereocenters. The first kappa shape index (κ1) is 25.2. The largest absolute Gasteiger partial charge is 0.337 e. The van der Waals surface area contributed by atoms with Gasteiger partial charge in [-0.1, -0.05) is 42.3 Å². The summed E-state index contributed by atoms with van der Waals surface area (Å²) in [7, 11) is 0. The van der Waals surface area contributed by atoms with Crippen LogP contribution in [0.5, 0.6) is 0 Å². The van der Waals surface area contributed by atoms with Gasteiger partial charge in [-0.15, -0.1) is 18.2 Å².